The molecule has 10 rings (SSSR count). The molecule has 0 saturated carbocycles. The predicted octanol–water partition coefficient (Wildman–Crippen LogP) is 7.72. The van der Waals surface area contributed by atoms with Gasteiger partial charge >= 0.3 is 0 Å². The highest BCUT2D eigenvalue weighted by atomic mass is 16.5. The zero-order valence-electron chi connectivity index (χ0n) is 31.3. The number of hydrogen-bond acceptors (Lipinski definition) is 7. The van der Waals surface area contributed by atoms with Gasteiger partial charge in [-0.05, 0) is 84.0 Å². The number of aromatic nitrogens is 1. The first-order chi connectivity index (χ1) is 26.4. The van der Waals surface area contributed by atoms with Crippen LogP contribution in [0.2, 0.25) is 0 Å². The fourth-order valence-corrected chi connectivity index (χ4v) is 9.96. The third kappa shape index (κ3) is 6.37. The number of ether oxygens (including phenoxy) is 3. The Balaban J connectivity index is 1.21. The van der Waals surface area contributed by atoms with Crippen molar-refractivity contribution in [2.75, 3.05) is 19.8 Å². The van der Waals surface area contributed by atoms with Gasteiger partial charge < -0.3 is 40.0 Å². The molecule has 1 saturated heterocycles. The number of aliphatic hydroxyl groups is 1. The molecule has 4 aliphatic heterocycles. The Hall–Kier alpha value is -4.34. The van der Waals surface area contributed by atoms with Crippen molar-refractivity contribution in [3.63, 3.8) is 0 Å². The van der Waals surface area contributed by atoms with Crippen LogP contribution in [0.4, 0.5) is 0 Å². The molecular weight excluding hydrogens is 675 g/mol. The van der Waals surface area contributed by atoms with Crippen molar-refractivity contribution >= 4 is 22.7 Å². The lowest BCUT2D eigenvalue weighted by Gasteiger charge is -2.49. The summed E-state index contributed by atoms with van der Waals surface area (Å²) in [5.74, 6) is 1.79. The van der Waals surface area contributed by atoms with E-state index in [0.717, 1.165) is 90.4 Å². The Bertz CT molecular complexity index is 2130. The fraction of sp³-hybridized carbons (Fsp3) is 0.435. The second-order valence-electron chi connectivity index (χ2n) is 16.1. The highest BCUT2D eigenvalue weighted by molar-refractivity contribution is 5.88. The van der Waals surface area contributed by atoms with Gasteiger partial charge in [0.1, 0.15) is 12.4 Å². The summed E-state index contributed by atoms with van der Waals surface area (Å²) in [4.78, 5) is 0. The Morgan fingerprint density at radius 1 is 1.00 bits per heavy atom. The van der Waals surface area contributed by atoms with Crippen LogP contribution in [0.5, 0.6) is 11.5 Å². The second kappa shape index (κ2) is 14.7. The molecule has 1 fully saturated rings. The molecule has 2 aliphatic carbocycles. The van der Waals surface area contributed by atoms with E-state index in [4.69, 9.17) is 19.9 Å². The Morgan fingerprint density at radius 2 is 1.91 bits per heavy atom. The second-order valence-corrected chi connectivity index (χ2v) is 16.1. The monoisotopic (exact) mass is 727 g/mol. The van der Waals surface area contributed by atoms with Crippen molar-refractivity contribution in [2.24, 2.45) is 17.6 Å². The summed E-state index contributed by atoms with van der Waals surface area (Å²) < 4.78 is 21.8. The molecule has 0 radical (unpaired) electrons. The number of phenolic OH excluding ortho intramolecular Hbond substituents is 1. The number of phenols is 1. The fourth-order valence-electron chi connectivity index (χ4n) is 9.96. The van der Waals surface area contributed by atoms with E-state index < -0.39 is 6.10 Å². The molecule has 282 valence electrons. The lowest BCUT2D eigenvalue weighted by Crippen LogP contribution is -2.47. The number of dihydropyridines is 1. The summed E-state index contributed by atoms with van der Waals surface area (Å²) in [5.41, 5.74) is 14.5. The summed E-state index contributed by atoms with van der Waals surface area (Å²) in [7, 11) is 0. The van der Waals surface area contributed by atoms with Crippen LogP contribution >= 0.6 is 0 Å². The minimum absolute atomic E-state index is 0.0623. The predicted molar refractivity (Wildman–Crippen MR) is 213 cm³/mol. The Labute approximate surface area is 318 Å². The molecule has 6 atom stereocenters. The Kier molecular flexibility index (Phi) is 9.64. The van der Waals surface area contributed by atoms with E-state index in [9.17, 15) is 10.2 Å². The van der Waals surface area contributed by atoms with Crippen LogP contribution < -0.4 is 15.8 Å². The number of aliphatic hydroxyl groups excluding tert-OH is 1. The summed E-state index contributed by atoms with van der Waals surface area (Å²) in [6, 6.07) is 17.4. The van der Waals surface area contributed by atoms with Crippen LogP contribution in [0.3, 0.4) is 0 Å². The first-order valence-corrected chi connectivity index (χ1v) is 20.1. The molecule has 5 N–H and O–H groups in total. The lowest BCUT2D eigenvalue weighted by atomic mass is 9.57. The first-order valence-electron chi connectivity index (χ1n) is 20.1. The van der Waals surface area contributed by atoms with Crippen molar-refractivity contribution in [2.45, 2.75) is 95.1 Å². The number of nitrogens with one attached hydrogen (secondary N) is 1. The average molecular weight is 728 g/mol. The van der Waals surface area contributed by atoms with Gasteiger partial charge in [0.15, 0.2) is 11.5 Å². The largest absolute Gasteiger partial charge is 0.504 e. The molecule has 1 aromatic heterocycles. The number of unbranched alkanes of at least 4 members (excludes halogenated alkanes) is 2. The van der Waals surface area contributed by atoms with Crippen molar-refractivity contribution in [1.29, 1.82) is 0 Å². The van der Waals surface area contributed by atoms with Crippen LogP contribution in [-0.4, -0.2) is 53.0 Å². The van der Waals surface area contributed by atoms with Crippen molar-refractivity contribution in [3.05, 3.63) is 118 Å². The van der Waals surface area contributed by atoms with Gasteiger partial charge in [-0.15, -0.1) is 0 Å². The summed E-state index contributed by atoms with van der Waals surface area (Å²) >= 11 is 0. The number of nitrogens with zero attached hydrogens (tertiary/aromatic N) is 1. The molecule has 0 spiro atoms. The normalized spacial score (nSPS) is 27.8. The molecule has 8 heteroatoms. The minimum Gasteiger partial charge on any atom is -0.504 e. The molecule has 0 amide bonds. The summed E-state index contributed by atoms with van der Waals surface area (Å²) in [5, 5.41) is 28.6. The van der Waals surface area contributed by atoms with Gasteiger partial charge in [-0.25, -0.2) is 0 Å². The number of nitrogens with two attached hydrogens (primary N) is 1. The van der Waals surface area contributed by atoms with Gasteiger partial charge in [-0.2, -0.15) is 0 Å². The zero-order valence-corrected chi connectivity index (χ0v) is 31.3. The van der Waals surface area contributed by atoms with Gasteiger partial charge in [-0.1, -0.05) is 80.8 Å². The molecule has 54 heavy (non-hydrogen) atoms. The lowest BCUT2D eigenvalue weighted by molar-refractivity contribution is 0.00497. The SMILES string of the molecule is CCCCC[C@H]1C[C@H](O)[C@H]2C=Cc3c(ccc(O)c3OCc3cc([C@@]45CCOC[C@H]4CCc4ccccc45)cc4cn(cc34)C3=C(C=CC(N)N3)CO1)C2. The van der Waals surface area contributed by atoms with Crippen LogP contribution in [0, 0.1) is 11.8 Å². The minimum atomic E-state index is -0.569. The third-order valence-electron chi connectivity index (χ3n) is 12.9. The maximum atomic E-state index is 11.6. The van der Waals surface area contributed by atoms with E-state index in [-0.39, 0.29) is 36.0 Å². The quantitative estimate of drug-likeness (QED) is 0.156. The highest BCUT2D eigenvalue weighted by Gasteiger charge is 2.47. The molecular formula is C46H53N3O5. The van der Waals surface area contributed by atoms with Crippen molar-refractivity contribution in [1.82, 2.24) is 9.88 Å². The van der Waals surface area contributed by atoms with Crippen molar-refractivity contribution < 1.29 is 24.4 Å². The van der Waals surface area contributed by atoms with Crippen LogP contribution in [0.1, 0.15) is 85.3 Å². The molecule has 8 nitrogen and oxygen atoms in total. The number of aromatic hydroxyl groups is 1. The smallest absolute Gasteiger partial charge is 0.168 e. The number of fused-ring (bicyclic) bond motifs is 8. The van der Waals surface area contributed by atoms with Crippen molar-refractivity contribution in [3.8, 4) is 11.5 Å². The van der Waals surface area contributed by atoms with E-state index in [0.29, 0.717) is 37.7 Å². The third-order valence-corrected chi connectivity index (χ3v) is 12.9. The first kappa shape index (κ1) is 35.4. The summed E-state index contributed by atoms with van der Waals surface area (Å²) in [6.07, 6.45) is 20.0. The van der Waals surface area contributed by atoms with E-state index in [2.05, 4.69) is 77.8 Å². The Morgan fingerprint density at radius 3 is 2.81 bits per heavy atom. The summed E-state index contributed by atoms with van der Waals surface area (Å²) in [6.45, 7) is 4.35. The van der Waals surface area contributed by atoms with Gasteiger partial charge in [0.25, 0.3) is 0 Å². The molecule has 5 heterocycles. The molecule has 4 aromatic rings. The number of rotatable bonds is 5. The van der Waals surface area contributed by atoms with Gasteiger partial charge in [0, 0.05) is 58.7 Å². The highest BCUT2D eigenvalue weighted by Crippen LogP contribution is 2.52. The topological polar surface area (TPSA) is 111 Å². The standard InChI is InChI=1S/C46H53N3O5/c1-2-3-4-8-37-23-42(51)31-11-15-38-30(20-31)12-16-41(50)44(38)54-27-34-22-36(46-18-19-52-28-35(46)14-10-29-7-5-6-9-40(29)46)21-33-24-49(25-39(33)34)45-32(26-53-37)13-17-43(47)48-45/h5-7,9,11-13,15-17,21-22,24-25,31,35,37,42-43,48,50-51H,2-4,8,10,14,18-20,23,26-28,47H2,1H3/t31-,35+,37-,42-,43?,46+/m0/s1. The van der Waals surface area contributed by atoms with Crippen LogP contribution in [0.15, 0.2) is 84.7 Å². The van der Waals surface area contributed by atoms with Gasteiger partial charge in [0.05, 0.1) is 31.6 Å². The van der Waals surface area contributed by atoms with Gasteiger partial charge in [-0.3, -0.25) is 0 Å². The molecule has 3 aromatic carbocycles. The number of aryl methyl sites for hydroxylation is 1. The number of benzene rings is 3. The van der Waals surface area contributed by atoms with E-state index in [1.165, 1.54) is 16.7 Å². The maximum absolute atomic E-state index is 11.6. The van der Waals surface area contributed by atoms with Gasteiger partial charge in [0.2, 0.25) is 0 Å². The average Bonchev–Trinajstić information content (AvgIpc) is 3.63. The molecule has 6 aliphatic rings. The van der Waals surface area contributed by atoms with Crippen LogP contribution in [0.25, 0.3) is 22.7 Å². The van der Waals surface area contributed by atoms with E-state index in [1.807, 2.05) is 18.2 Å². The number of hydrogen-bond donors (Lipinski definition) is 4. The van der Waals surface area contributed by atoms with Crippen LogP contribution in [-0.2, 0) is 34.3 Å². The van der Waals surface area contributed by atoms with E-state index >= 15 is 0 Å². The molecule has 6 bridgehead atoms. The molecule has 1 unspecified atom stereocenters. The zero-order chi connectivity index (χ0) is 36.8. The maximum Gasteiger partial charge on any atom is 0.168 e. The van der Waals surface area contributed by atoms with E-state index in [1.54, 1.807) is 6.07 Å².